The molecule has 0 aliphatic heterocycles. The van der Waals surface area contributed by atoms with Gasteiger partial charge < -0.3 is 10.4 Å². The summed E-state index contributed by atoms with van der Waals surface area (Å²) in [6.07, 6.45) is 4.40. The summed E-state index contributed by atoms with van der Waals surface area (Å²) in [5, 5.41) is 11.4. The predicted molar refractivity (Wildman–Crippen MR) is 72.3 cm³/mol. The van der Waals surface area contributed by atoms with Crippen molar-refractivity contribution in [2.75, 3.05) is 6.54 Å². The molecular formula is C14H27NO3. The van der Waals surface area contributed by atoms with Gasteiger partial charge in [-0.3, -0.25) is 9.59 Å². The molecule has 0 rings (SSSR count). The van der Waals surface area contributed by atoms with E-state index in [0.717, 1.165) is 25.7 Å². The fraction of sp³-hybridized carbons (Fsp3) is 0.857. The molecule has 0 aromatic carbocycles. The van der Waals surface area contributed by atoms with Crippen molar-refractivity contribution in [2.24, 2.45) is 11.8 Å². The van der Waals surface area contributed by atoms with Gasteiger partial charge in [-0.25, -0.2) is 0 Å². The first-order chi connectivity index (χ1) is 8.43. The van der Waals surface area contributed by atoms with Crippen LogP contribution in [0.5, 0.6) is 0 Å². The number of rotatable bonds is 10. The number of carboxylic acid groups (broad SMARTS) is 1. The van der Waals surface area contributed by atoms with E-state index in [-0.39, 0.29) is 12.3 Å². The molecular weight excluding hydrogens is 230 g/mol. The number of carbonyl (C=O) groups excluding carboxylic acids is 1. The fourth-order valence-corrected chi connectivity index (χ4v) is 1.58. The topological polar surface area (TPSA) is 66.4 Å². The lowest BCUT2D eigenvalue weighted by Crippen LogP contribution is -2.27. The van der Waals surface area contributed by atoms with Crippen molar-refractivity contribution in [3.05, 3.63) is 0 Å². The molecule has 0 aliphatic rings. The molecule has 4 nitrogen and oxygen atoms in total. The maximum atomic E-state index is 11.5. The van der Waals surface area contributed by atoms with Crippen LogP contribution >= 0.6 is 0 Å². The van der Waals surface area contributed by atoms with E-state index >= 15 is 0 Å². The van der Waals surface area contributed by atoms with Gasteiger partial charge in [-0.2, -0.15) is 0 Å². The van der Waals surface area contributed by atoms with Crippen LogP contribution in [-0.2, 0) is 9.59 Å². The first-order valence-electron chi connectivity index (χ1n) is 6.92. The largest absolute Gasteiger partial charge is 0.481 e. The Labute approximate surface area is 110 Å². The molecule has 0 aliphatic carbocycles. The van der Waals surface area contributed by atoms with E-state index in [1.54, 1.807) is 0 Å². The van der Waals surface area contributed by atoms with Crippen LogP contribution in [0.1, 0.15) is 59.3 Å². The van der Waals surface area contributed by atoms with Gasteiger partial charge in [0.2, 0.25) is 5.91 Å². The average Bonchev–Trinajstić information content (AvgIpc) is 2.27. The van der Waals surface area contributed by atoms with E-state index in [4.69, 9.17) is 5.11 Å². The molecule has 2 N–H and O–H groups in total. The van der Waals surface area contributed by atoms with Gasteiger partial charge >= 0.3 is 5.97 Å². The van der Waals surface area contributed by atoms with Crippen LogP contribution in [0.2, 0.25) is 0 Å². The molecule has 0 aromatic rings. The van der Waals surface area contributed by atoms with Crippen LogP contribution < -0.4 is 5.32 Å². The van der Waals surface area contributed by atoms with Crippen molar-refractivity contribution in [3.8, 4) is 0 Å². The molecule has 18 heavy (non-hydrogen) atoms. The molecule has 4 heteroatoms. The van der Waals surface area contributed by atoms with Crippen LogP contribution in [0.15, 0.2) is 0 Å². The minimum Gasteiger partial charge on any atom is -0.481 e. The number of unbranched alkanes of at least 4 members (excludes halogenated alkanes) is 3. The van der Waals surface area contributed by atoms with Gasteiger partial charge in [0.15, 0.2) is 0 Å². The van der Waals surface area contributed by atoms with E-state index in [9.17, 15) is 9.59 Å². The van der Waals surface area contributed by atoms with Crippen LogP contribution in [-0.4, -0.2) is 23.5 Å². The molecule has 1 unspecified atom stereocenters. The molecule has 1 amide bonds. The highest BCUT2D eigenvalue weighted by atomic mass is 16.4. The Balaban J connectivity index is 3.38. The highest BCUT2D eigenvalue weighted by Gasteiger charge is 2.11. The minimum absolute atomic E-state index is 0.127. The number of nitrogens with one attached hydrogen (secondary N) is 1. The van der Waals surface area contributed by atoms with Crippen LogP contribution in [0.25, 0.3) is 0 Å². The predicted octanol–water partition coefficient (Wildman–Crippen LogP) is 2.82. The molecule has 106 valence electrons. The molecule has 0 aromatic heterocycles. The van der Waals surface area contributed by atoms with Crippen LogP contribution in [0.4, 0.5) is 0 Å². The maximum absolute atomic E-state index is 11.5. The molecule has 0 saturated heterocycles. The summed E-state index contributed by atoms with van der Waals surface area (Å²) in [5.74, 6) is 0.347. The third-order valence-corrected chi connectivity index (χ3v) is 3.29. The number of hydrogen-bond donors (Lipinski definition) is 2. The van der Waals surface area contributed by atoms with Crippen molar-refractivity contribution in [2.45, 2.75) is 59.3 Å². The van der Waals surface area contributed by atoms with Crippen LogP contribution in [0, 0.1) is 11.8 Å². The van der Waals surface area contributed by atoms with Crippen molar-refractivity contribution in [1.29, 1.82) is 0 Å². The van der Waals surface area contributed by atoms with Gasteiger partial charge in [0.25, 0.3) is 0 Å². The third kappa shape index (κ3) is 10.1. The molecule has 0 spiro atoms. The number of amides is 1. The summed E-state index contributed by atoms with van der Waals surface area (Å²) in [6, 6.07) is 0. The SMILES string of the molecule is CC(C)C(C)CC(=O)NCCCCCCC(=O)O. The standard InChI is InChI=1S/C14H27NO3/c1-11(2)12(3)10-13(16)15-9-7-5-4-6-8-14(17)18/h11-12H,4-10H2,1-3H3,(H,15,16)(H,17,18). The number of hydrogen-bond acceptors (Lipinski definition) is 2. The zero-order chi connectivity index (χ0) is 14.0. The Morgan fingerprint density at radius 3 is 2.22 bits per heavy atom. The molecule has 0 heterocycles. The quantitative estimate of drug-likeness (QED) is 0.591. The molecule has 1 atom stereocenters. The number of aliphatic carboxylic acids is 1. The lowest BCUT2D eigenvalue weighted by molar-refractivity contribution is -0.137. The Bertz CT molecular complexity index is 251. The second-order valence-electron chi connectivity index (χ2n) is 5.33. The first-order valence-corrected chi connectivity index (χ1v) is 6.92. The summed E-state index contributed by atoms with van der Waals surface area (Å²) >= 11 is 0. The van der Waals surface area contributed by atoms with Crippen LogP contribution in [0.3, 0.4) is 0 Å². The maximum Gasteiger partial charge on any atom is 0.303 e. The average molecular weight is 257 g/mol. The Hall–Kier alpha value is -1.06. The van der Waals surface area contributed by atoms with E-state index in [0.29, 0.717) is 24.8 Å². The second-order valence-corrected chi connectivity index (χ2v) is 5.33. The Kier molecular flexibility index (Phi) is 9.33. The van der Waals surface area contributed by atoms with E-state index in [1.165, 1.54) is 0 Å². The molecule has 0 radical (unpaired) electrons. The fourth-order valence-electron chi connectivity index (χ4n) is 1.58. The Morgan fingerprint density at radius 2 is 1.67 bits per heavy atom. The van der Waals surface area contributed by atoms with Gasteiger partial charge in [0, 0.05) is 19.4 Å². The zero-order valence-corrected chi connectivity index (χ0v) is 11.9. The molecule has 0 fully saturated rings. The van der Waals surface area contributed by atoms with Crippen molar-refractivity contribution < 1.29 is 14.7 Å². The normalized spacial score (nSPS) is 12.4. The highest BCUT2D eigenvalue weighted by molar-refractivity contribution is 5.76. The summed E-state index contributed by atoms with van der Waals surface area (Å²) in [4.78, 5) is 21.8. The van der Waals surface area contributed by atoms with Gasteiger partial charge in [-0.05, 0) is 24.7 Å². The molecule has 0 bridgehead atoms. The lowest BCUT2D eigenvalue weighted by Gasteiger charge is -2.14. The number of carbonyl (C=O) groups is 2. The molecule has 0 saturated carbocycles. The van der Waals surface area contributed by atoms with E-state index in [2.05, 4.69) is 26.1 Å². The number of carboxylic acids is 1. The van der Waals surface area contributed by atoms with E-state index in [1.807, 2.05) is 0 Å². The zero-order valence-electron chi connectivity index (χ0n) is 11.9. The van der Waals surface area contributed by atoms with Crippen molar-refractivity contribution in [3.63, 3.8) is 0 Å². The first kappa shape index (κ1) is 16.9. The summed E-state index contributed by atoms with van der Waals surface area (Å²) in [6.45, 7) is 7.05. The van der Waals surface area contributed by atoms with Gasteiger partial charge in [-0.15, -0.1) is 0 Å². The smallest absolute Gasteiger partial charge is 0.303 e. The Morgan fingerprint density at radius 1 is 1.06 bits per heavy atom. The second kappa shape index (κ2) is 9.92. The highest BCUT2D eigenvalue weighted by Crippen LogP contribution is 2.13. The van der Waals surface area contributed by atoms with E-state index < -0.39 is 5.97 Å². The van der Waals surface area contributed by atoms with Gasteiger partial charge in [0.05, 0.1) is 0 Å². The summed E-state index contributed by atoms with van der Waals surface area (Å²) < 4.78 is 0. The van der Waals surface area contributed by atoms with Crippen molar-refractivity contribution >= 4 is 11.9 Å². The third-order valence-electron chi connectivity index (χ3n) is 3.29. The minimum atomic E-state index is -0.731. The monoisotopic (exact) mass is 257 g/mol. The summed E-state index contributed by atoms with van der Waals surface area (Å²) in [5.41, 5.74) is 0. The van der Waals surface area contributed by atoms with Gasteiger partial charge in [-0.1, -0.05) is 33.6 Å². The van der Waals surface area contributed by atoms with Gasteiger partial charge in [0.1, 0.15) is 0 Å². The lowest BCUT2D eigenvalue weighted by atomic mass is 9.94. The summed E-state index contributed by atoms with van der Waals surface area (Å²) in [7, 11) is 0. The van der Waals surface area contributed by atoms with Crippen molar-refractivity contribution in [1.82, 2.24) is 5.32 Å².